The second-order valence-corrected chi connectivity index (χ2v) is 18.4. The van der Waals surface area contributed by atoms with E-state index in [2.05, 4.69) is 10.6 Å². The number of hydrogen-bond acceptors (Lipinski definition) is 10. The quantitative estimate of drug-likeness (QED) is 0.0556. The van der Waals surface area contributed by atoms with E-state index < -0.39 is 84.5 Å². The molecule has 6 amide bonds. The van der Waals surface area contributed by atoms with Gasteiger partial charge in [-0.1, -0.05) is 36.4 Å². The zero-order valence-corrected chi connectivity index (χ0v) is 42.7. The lowest BCUT2D eigenvalue weighted by molar-refractivity contribution is -0.887. The highest BCUT2D eigenvalue weighted by Gasteiger charge is 2.46. The highest BCUT2D eigenvalue weighted by Crippen LogP contribution is 2.43. The maximum absolute atomic E-state index is 14.6. The molecule has 2 aliphatic rings. The summed E-state index contributed by atoms with van der Waals surface area (Å²) in [6, 6.07) is 19.0. The molecule has 404 valence electrons. The van der Waals surface area contributed by atoms with Gasteiger partial charge >= 0.3 is 36.4 Å². The van der Waals surface area contributed by atoms with Gasteiger partial charge in [0.2, 0.25) is 11.8 Å². The molecule has 23 heteroatoms. The number of amides is 6. The van der Waals surface area contributed by atoms with Crippen molar-refractivity contribution in [3.8, 4) is 12.1 Å². The number of ether oxygens (including phenoxy) is 2. The Kier molecular flexibility index (Phi) is 17.9. The maximum atomic E-state index is 14.6. The fraction of sp³-hybridized carbons (Fsp3) is 0.333. The van der Waals surface area contributed by atoms with Gasteiger partial charge in [0.15, 0.2) is 0 Å². The lowest BCUT2D eigenvalue weighted by Gasteiger charge is -2.42. The highest BCUT2D eigenvalue weighted by atomic mass is 19.4. The summed E-state index contributed by atoms with van der Waals surface area (Å²) in [6.45, 7) is 4.65. The molecule has 0 saturated carbocycles. The van der Waals surface area contributed by atoms with Gasteiger partial charge in [0.25, 0.3) is 0 Å². The first-order chi connectivity index (χ1) is 36.3. The molecule has 17 nitrogen and oxygen atoms in total. The van der Waals surface area contributed by atoms with E-state index in [4.69, 9.17) is 9.47 Å². The Bertz CT molecular complexity index is 2870. The van der Waals surface area contributed by atoms with Crippen LogP contribution in [0, 0.1) is 22.7 Å². The van der Waals surface area contributed by atoms with Gasteiger partial charge in [-0.3, -0.25) is 19.4 Å². The number of urea groups is 2. The molecular weight excluding hydrogens is 1020 g/mol. The number of carbonyl (C=O) groups excluding carboxylic acids is 6. The first-order valence-corrected chi connectivity index (χ1v) is 24.0. The molecule has 0 bridgehead atoms. The van der Waals surface area contributed by atoms with Crippen LogP contribution in [0.25, 0.3) is 0 Å². The van der Waals surface area contributed by atoms with Crippen LogP contribution in [0.15, 0.2) is 120 Å². The van der Waals surface area contributed by atoms with Crippen molar-refractivity contribution in [3.05, 3.63) is 153 Å². The zero-order valence-electron chi connectivity index (χ0n) is 42.7. The van der Waals surface area contributed by atoms with Crippen LogP contribution in [-0.2, 0) is 41.0 Å². The van der Waals surface area contributed by atoms with Crippen molar-refractivity contribution < 1.29 is 69.1 Å². The monoisotopic (exact) mass is 1070 g/mol. The van der Waals surface area contributed by atoms with E-state index in [-0.39, 0.29) is 88.9 Å². The number of alkyl halides is 6. The number of rotatable bonds is 18. The highest BCUT2D eigenvalue weighted by molar-refractivity contribution is 6.05. The van der Waals surface area contributed by atoms with E-state index in [0.717, 1.165) is 56.0 Å². The number of quaternary nitrogens is 1. The van der Waals surface area contributed by atoms with Crippen LogP contribution in [0.4, 0.5) is 47.3 Å². The molecule has 2 N–H and O–H groups in total. The number of carbonyl (C=O) groups is 6. The SMILES string of the molecule is CCOC(=O)C1=C(C)N(c2cccc(C(F)(F)F)c2)C(=O)N(CC(=O)NCC[N+](C)(C)CCNC(=O)CN2C(=O)N(c3cccc(C(F)(F)F)c3)C(C)=C(C(=O)OCC)[C@H]2c2ccc(C#N)cc2)[C@@H]1c1ccc(C#N)cc1. The molecule has 2 heterocycles. The summed E-state index contributed by atoms with van der Waals surface area (Å²) < 4.78 is 94.5. The predicted octanol–water partition coefficient (Wildman–Crippen LogP) is 8.12. The molecule has 0 saturated heterocycles. The standard InChI is InChI=1S/C54H53F6N9O8/c1-7-76-49(72)45-33(3)67(41-13-9-11-39(27-41)53(55,56)57)51(74)65(47(45)37-19-15-35(29-61)16-20-37)31-43(70)63-23-25-69(5,6)26-24-64-44(71)32-66-48(38-21-17-36(30-62)18-22-38)46(50(73)77-8-2)34(4)68(52(66)75)42-14-10-12-40(28-42)54(58,59)60/h9-22,27-28,47-48H,7-8,23-26,31-32H2,1-6H3,(H-,63,64,70,71)/p+1/t47-,48-/m1/s1. The number of halogens is 6. The summed E-state index contributed by atoms with van der Waals surface area (Å²) in [5, 5.41) is 24.5. The average Bonchev–Trinajstić information content (AvgIpc) is 3.38. The number of benzene rings is 4. The first kappa shape index (κ1) is 57.6. The molecule has 0 aromatic heterocycles. The Morgan fingerprint density at radius 1 is 0.597 bits per heavy atom. The lowest BCUT2D eigenvalue weighted by atomic mass is 9.92. The van der Waals surface area contributed by atoms with Crippen LogP contribution >= 0.6 is 0 Å². The summed E-state index contributed by atoms with van der Waals surface area (Å²) in [4.78, 5) is 88.2. The van der Waals surface area contributed by atoms with Gasteiger partial charge in [0, 0.05) is 11.4 Å². The van der Waals surface area contributed by atoms with Gasteiger partial charge in [-0.2, -0.15) is 36.9 Å². The van der Waals surface area contributed by atoms with Crippen LogP contribution in [0.3, 0.4) is 0 Å². The van der Waals surface area contributed by atoms with Gasteiger partial charge in [-0.15, -0.1) is 0 Å². The second kappa shape index (κ2) is 23.9. The number of nitrogens with one attached hydrogen (secondary N) is 2. The van der Waals surface area contributed by atoms with Crippen LogP contribution in [-0.4, -0.2) is 117 Å². The molecule has 6 rings (SSSR count). The van der Waals surface area contributed by atoms with Crippen molar-refractivity contribution in [1.29, 1.82) is 10.5 Å². The minimum atomic E-state index is -4.79. The normalized spacial score (nSPS) is 16.2. The molecule has 4 aromatic rings. The van der Waals surface area contributed by atoms with Crippen LogP contribution in [0.5, 0.6) is 0 Å². The fourth-order valence-corrected chi connectivity index (χ4v) is 8.92. The van der Waals surface area contributed by atoms with Crippen molar-refractivity contribution >= 4 is 47.2 Å². The number of hydrogen-bond donors (Lipinski definition) is 2. The van der Waals surface area contributed by atoms with E-state index in [1.54, 1.807) is 27.9 Å². The minimum Gasteiger partial charge on any atom is -0.463 e. The number of likely N-dealkylation sites (N-methyl/N-ethyl adjacent to an activating group) is 1. The predicted molar refractivity (Wildman–Crippen MR) is 266 cm³/mol. The third-order valence-corrected chi connectivity index (χ3v) is 12.8. The Balaban J connectivity index is 1.19. The summed E-state index contributed by atoms with van der Waals surface area (Å²) >= 11 is 0. The van der Waals surface area contributed by atoms with Crippen molar-refractivity contribution in [1.82, 2.24) is 20.4 Å². The lowest BCUT2D eigenvalue weighted by Crippen LogP contribution is -2.55. The van der Waals surface area contributed by atoms with Gasteiger partial charge in [-0.05, 0) is 99.5 Å². The largest absolute Gasteiger partial charge is 0.463 e. The number of anilines is 2. The average molecular weight is 1070 g/mol. The molecule has 4 aromatic carbocycles. The summed E-state index contributed by atoms with van der Waals surface area (Å²) in [5.74, 6) is -3.24. The Morgan fingerprint density at radius 3 is 1.26 bits per heavy atom. The van der Waals surface area contributed by atoms with E-state index in [9.17, 15) is 65.6 Å². The third-order valence-electron chi connectivity index (χ3n) is 12.8. The van der Waals surface area contributed by atoms with Crippen molar-refractivity contribution in [2.24, 2.45) is 0 Å². The van der Waals surface area contributed by atoms with E-state index in [0.29, 0.717) is 11.1 Å². The molecule has 0 spiro atoms. The second-order valence-electron chi connectivity index (χ2n) is 18.4. The van der Waals surface area contributed by atoms with Crippen molar-refractivity contribution in [3.63, 3.8) is 0 Å². The zero-order chi connectivity index (χ0) is 56.6. The summed E-state index contributed by atoms with van der Waals surface area (Å²) in [7, 11) is 3.56. The topological polar surface area (TPSA) is 205 Å². The Labute approximate surface area is 439 Å². The van der Waals surface area contributed by atoms with E-state index >= 15 is 0 Å². The van der Waals surface area contributed by atoms with Gasteiger partial charge < -0.3 is 34.4 Å². The van der Waals surface area contributed by atoms with Crippen LogP contribution < -0.4 is 20.4 Å². The van der Waals surface area contributed by atoms with Crippen molar-refractivity contribution in [2.75, 3.05) is 76.4 Å². The summed E-state index contributed by atoms with van der Waals surface area (Å²) in [6.07, 6.45) is -9.58. The molecular formula is C54H54F6N9O8+. The molecule has 77 heavy (non-hydrogen) atoms. The summed E-state index contributed by atoms with van der Waals surface area (Å²) in [5.41, 5.74) is -1.92. The van der Waals surface area contributed by atoms with Gasteiger partial charge in [0.1, 0.15) is 13.1 Å². The number of nitriles is 2. The Morgan fingerprint density at radius 2 is 0.948 bits per heavy atom. The number of allylic oxidation sites excluding steroid dienone is 2. The fourth-order valence-electron chi connectivity index (χ4n) is 8.92. The van der Waals surface area contributed by atoms with Gasteiger partial charge in [0.05, 0.1) is 122 Å². The Hall–Kier alpha value is -8.70. The molecule has 0 aliphatic carbocycles. The van der Waals surface area contributed by atoms with Crippen LogP contribution in [0.2, 0.25) is 0 Å². The smallest absolute Gasteiger partial charge is 0.416 e. The van der Waals surface area contributed by atoms with E-state index in [1.807, 2.05) is 12.1 Å². The third kappa shape index (κ3) is 13.2. The molecule has 0 unspecified atom stereocenters. The maximum Gasteiger partial charge on any atom is 0.416 e. The van der Waals surface area contributed by atoms with Gasteiger partial charge in [-0.25, -0.2) is 19.2 Å². The first-order valence-electron chi connectivity index (χ1n) is 24.0. The minimum absolute atomic E-state index is 0.0114. The van der Waals surface area contributed by atoms with E-state index in [1.165, 1.54) is 74.5 Å². The van der Waals surface area contributed by atoms with Crippen LogP contribution in [0.1, 0.15) is 73.2 Å². The molecule has 2 atom stereocenters. The molecule has 0 fully saturated rings. The molecule has 2 aliphatic heterocycles. The number of nitrogens with zero attached hydrogens (tertiary/aromatic N) is 7. The van der Waals surface area contributed by atoms with Crippen molar-refractivity contribution in [2.45, 2.75) is 52.1 Å². The molecule has 0 radical (unpaired) electrons. The number of esters is 2.